The van der Waals surface area contributed by atoms with Crippen LogP contribution in [0.1, 0.15) is 28.9 Å². The van der Waals surface area contributed by atoms with E-state index < -0.39 is 0 Å². The smallest absolute Gasteiger partial charge is 0.271 e. The molecule has 0 radical (unpaired) electrons. The van der Waals surface area contributed by atoms with Gasteiger partial charge < -0.3 is 14.8 Å². The predicted octanol–water partition coefficient (Wildman–Crippen LogP) is 3.88. The second-order valence-electron chi connectivity index (χ2n) is 6.27. The van der Waals surface area contributed by atoms with E-state index in [1.807, 2.05) is 24.3 Å². The molecule has 2 heterocycles. The second kappa shape index (κ2) is 8.25. The molecule has 26 heavy (non-hydrogen) atoms. The number of amides is 1. The number of nitrogens with one attached hydrogen (secondary N) is 1. The van der Waals surface area contributed by atoms with Crippen molar-refractivity contribution in [2.45, 2.75) is 18.3 Å². The van der Waals surface area contributed by atoms with Crippen LogP contribution in [0, 0.1) is 0 Å². The largest absolute Gasteiger partial charge is 0.497 e. The molecule has 1 aromatic heterocycles. The quantitative estimate of drug-likeness (QED) is 0.781. The Bertz CT molecular complexity index is 775. The molecule has 1 N–H and O–H groups in total. The van der Waals surface area contributed by atoms with Gasteiger partial charge in [-0.2, -0.15) is 0 Å². The Morgan fingerprint density at radius 2 is 1.88 bits per heavy atom. The van der Waals surface area contributed by atoms with Crippen LogP contribution in [0.2, 0.25) is 10.2 Å². The molecule has 5 nitrogen and oxygen atoms in total. The lowest BCUT2D eigenvalue weighted by Crippen LogP contribution is -2.44. The molecule has 138 valence electrons. The van der Waals surface area contributed by atoms with E-state index >= 15 is 0 Å². The van der Waals surface area contributed by atoms with Crippen LogP contribution in [0.25, 0.3) is 0 Å². The SMILES string of the molecule is COc1ccc(C2(CNC(=O)c3nc(Cl)ccc3Cl)CCOCC2)cc1. The number of hydrogen-bond acceptors (Lipinski definition) is 4. The average Bonchev–Trinajstić information content (AvgIpc) is 2.69. The third-order valence-corrected chi connectivity index (χ3v) is 5.28. The first-order valence-corrected chi connectivity index (χ1v) is 9.12. The Balaban J connectivity index is 1.80. The summed E-state index contributed by atoms with van der Waals surface area (Å²) in [6.07, 6.45) is 1.63. The lowest BCUT2D eigenvalue weighted by Gasteiger charge is -2.38. The summed E-state index contributed by atoms with van der Waals surface area (Å²) < 4.78 is 10.8. The molecule has 1 amide bonds. The molecular formula is C19H20Cl2N2O3. The predicted molar refractivity (Wildman–Crippen MR) is 101 cm³/mol. The number of ether oxygens (including phenoxy) is 2. The number of methoxy groups -OCH3 is 1. The normalized spacial score (nSPS) is 16.1. The first-order valence-electron chi connectivity index (χ1n) is 8.37. The van der Waals surface area contributed by atoms with Crippen LogP contribution >= 0.6 is 23.2 Å². The molecule has 3 rings (SSSR count). The zero-order valence-corrected chi connectivity index (χ0v) is 15.9. The lowest BCUT2D eigenvalue weighted by atomic mass is 9.74. The summed E-state index contributed by atoms with van der Waals surface area (Å²) in [5.41, 5.74) is 1.08. The van der Waals surface area contributed by atoms with Gasteiger partial charge in [-0.3, -0.25) is 4.79 Å². The fourth-order valence-corrected chi connectivity index (χ4v) is 3.52. The monoisotopic (exact) mass is 394 g/mol. The first kappa shape index (κ1) is 19.0. The zero-order chi connectivity index (χ0) is 18.6. The van der Waals surface area contributed by atoms with Gasteiger partial charge in [0.15, 0.2) is 0 Å². The standard InChI is InChI=1S/C19H20Cl2N2O3/c1-25-14-4-2-13(3-5-14)19(8-10-26-11-9-19)12-22-18(24)17-15(20)6-7-16(21)23-17/h2-7H,8-12H2,1H3,(H,22,24). The molecule has 1 aliphatic rings. The molecule has 7 heteroatoms. The molecule has 0 unspecified atom stereocenters. The van der Waals surface area contributed by atoms with Gasteiger partial charge in [0.25, 0.3) is 5.91 Å². The highest BCUT2D eigenvalue weighted by Gasteiger charge is 2.35. The molecule has 1 aromatic carbocycles. The van der Waals surface area contributed by atoms with E-state index in [1.54, 1.807) is 19.2 Å². The summed E-state index contributed by atoms with van der Waals surface area (Å²) in [6, 6.07) is 11.1. The summed E-state index contributed by atoms with van der Waals surface area (Å²) in [6.45, 7) is 1.77. The van der Waals surface area contributed by atoms with Crippen molar-refractivity contribution in [3.05, 3.63) is 57.8 Å². The fraction of sp³-hybridized carbons (Fsp3) is 0.368. The Labute approximate surface area is 162 Å². The topological polar surface area (TPSA) is 60.5 Å². The minimum absolute atomic E-state index is 0.135. The van der Waals surface area contributed by atoms with E-state index in [-0.39, 0.29) is 27.2 Å². The van der Waals surface area contributed by atoms with Gasteiger partial charge in [-0.15, -0.1) is 0 Å². The first-order chi connectivity index (χ1) is 12.5. The number of halogens is 2. The van der Waals surface area contributed by atoms with E-state index in [0.29, 0.717) is 19.8 Å². The van der Waals surface area contributed by atoms with Gasteiger partial charge in [0, 0.05) is 25.2 Å². The molecule has 1 saturated heterocycles. The Hall–Kier alpha value is -1.82. The van der Waals surface area contributed by atoms with Crippen LogP contribution in [0.4, 0.5) is 0 Å². The van der Waals surface area contributed by atoms with Gasteiger partial charge in [0.1, 0.15) is 16.6 Å². The second-order valence-corrected chi connectivity index (χ2v) is 7.06. The van der Waals surface area contributed by atoms with Crippen LogP contribution < -0.4 is 10.1 Å². The highest BCUT2D eigenvalue weighted by Crippen LogP contribution is 2.35. The zero-order valence-electron chi connectivity index (χ0n) is 14.4. The summed E-state index contributed by atoms with van der Waals surface area (Å²) in [5, 5.41) is 3.48. The molecule has 0 bridgehead atoms. The van der Waals surface area contributed by atoms with Crippen molar-refractivity contribution in [1.29, 1.82) is 0 Å². The van der Waals surface area contributed by atoms with E-state index in [1.165, 1.54) is 0 Å². The molecule has 0 spiro atoms. The molecular weight excluding hydrogens is 375 g/mol. The molecule has 2 aromatic rings. The number of pyridine rings is 1. The fourth-order valence-electron chi connectivity index (χ4n) is 3.18. The van der Waals surface area contributed by atoms with Crippen LogP contribution in [-0.4, -0.2) is 37.8 Å². The highest BCUT2D eigenvalue weighted by atomic mass is 35.5. The van der Waals surface area contributed by atoms with Crippen molar-refractivity contribution in [2.24, 2.45) is 0 Å². The maximum Gasteiger partial charge on any atom is 0.271 e. The number of nitrogens with zero attached hydrogens (tertiary/aromatic N) is 1. The van der Waals surface area contributed by atoms with E-state index in [0.717, 1.165) is 24.2 Å². The van der Waals surface area contributed by atoms with Gasteiger partial charge in [-0.25, -0.2) is 4.98 Å². The maximum absolute atomic E-state index is 12.6. The Kier molecular flexibility index (Phi) is 6.01. The number of rotatable bonds is 5. The molecule has 1 fully saturated rings. The van der Waals surface area contributed by atoms with E-state index in [9.17, 15) is 4.79 Å². The van der Waals surface area contributed by atoms with Crippen molar-refractivity contribution >= 4 is 29.1 Å². The minimum atomic E-state index is -0.336. The van der Waals surface area contributed by atoms with Gasteiger partial charge in [-0.1, -0.05) is 35.3 Å². The summed E-state index contributed by atoms with van der Waals surface area (Å²) in [7, 11) is 1.64. The van der Waals surface area contributed by atoms with Crippen LogP contribution in [-0.2, 0) is 10.2 Å². The van der Waals surface area contributed by atoms with Crippen molar-refractivity contribution < 1.29 is 14.3 Å². The van der Waals surface area contributed by atoms with E-state index in [2.05, 4.69) is 10.3 Å². The van der Waals surface area contributed by atoms with Crippen LogP contribution in [0.5, 0.6) is 5.75 Å². The van der Waals surface area contributed by atoms with Gasteiger partial charge >= 0.3 is 0 Å². The number of hydrogen-bond donors (Lipinski definition) is 1. The number of benzene rings is 1. The van der Waals surface area contributed by atoms with E-state index in [4.69, 9.17) is 32.7 Å². The molecule has 1 aliphatic heterocycles. The Morgan fingerprint density at radius 3 is 2.54 bits per heavy atom. The van der Waals surface area contributed by atoms with Gasteiger partial charge in [0.2, 0.25) is 0 Å². The van der Waals surface area contributed by atoms with Crippen molar-refractivity contribution in [2.75, 3.05) is 26.9 Å². The third kappa shape index (κ3) is 4.11. The molecule has 0 aliphatic carbocycles. The molecule has 0 saturated carbocycles. The lowest BCUT2D eigenvalue weighted by molar-refractivity contribution is 0.0486. The summed E-state index contributed by atoms with van der Waals surface area (Å²) >= 11 is 12.0. The van der Waals surface area contributed by atoms with Crippen molar-refractivity contribution in [3.8, 4) is 5.75 Å². The number of carbonyl (C=O) groups is 1. The molecule has 0 atom stereocenters. The highest BCUT2D eigenvalue weighted by molar-refractivity contribution is 6.34. The van der Waals surface area contributed by atoms with Crippen molar-refractivity contribution in [1.82, 2.24) is 10.3 Å². The van der Waals surface area contributed by atoms with Crippen LogP contribution in [0.15, 0.2) is 36.4 Å². The van der Waals surface area contributed by atoms with Gasteiger partial charge in [-0.05, 0) is 42.7 Å². The third-order valence-electron chi connectivity index (χ3n) is 4.77. The van der Waals surface area contributed by atoms with Crippen molar-refractivity contribution in [3.63, 3.8) is 0 Å². The number of aromatic nitrogens is 1. The summed E-state index contributed by atoms with van der Waals surface area (Å²) in [5.74, 6) is 0.465. The van der Waals surface area contributed by atoms with Crippen LogP contribution in [0.3, 0.4) is 0 Å². The number of carbonyl (C=O) groups excluding carboxylic acids is 1. The maximum atomic E-state index is 12.6. The van der Waals surface area contributed by atoms with Gasteiger partial charge in [0.05, 0.1) is 12.1 Å². The average molecular weight is 395 g/mol. The summed E-state index contributed by atoms with van der Waals surface area (Å²) in [4.78, 5) is 16.6. The Morgan fingerprint density at radius 1 is 1.19 bits per heavy atom. The minimum Gasteiger partial charge on any atom is -0.497 e.